The van der Waals surface area contributed by atoms with Gasteiger partial charge in [0.1, 0.15) is 5.75 Å². The van der Waals surface area contributed by atoms with E-state index in [2.05, 4.69) is 15.2 Å². The molecule has 1 saturated heterocycles. The van der Waals surface area contributed by atoms with Crippen LogP contribution in [0.3, 0.4) is 0 Å². The Balaban J connectivity index is 1.75. The molecule has 2 aromatic rings. The molecule has 6 nitrogen and oxygen atoms in total. The number of aryl methyl sites for hydroxylation is 1. The van der Waals surface area contributed by atoms with Crippen molar-refractivity contribution in [1.82, 2.24) is 14.9 Å². The van der Waals surface area contributed by atoms with Crippen molar-refractivity contribution in [2.45, 2.75) is 0 Å². The summed E-state index contributed by atoms with van der Waals surface area (Å²) in [4.78, 5) is 18.1. The molecule has 0 radical (unpaired) electrons. The summed E-state index contributed by atoms with van der Waals surface area (Å²) in [6.07, 6.45) is 3.15. The van der Waals surface area contributed by atoms with Crippen LogP contribution in [0, 0.1) is 0 Å². The minimum Gasteiger partial charge on any atom is -0.435 e. The summed E-state index contributed by atoms with van der Waals surface area (Å²) in [7, 11) is 1.67. The monoisotopic (exact) mass is 286 g/mol. The van der Waals surface area contributed by atoms with Crippen LogP contribution in [0.25, 0.3) is 0 Å². The summed E-state index contributed by atoms with van der Waals surface area (Å²) < 4.78 is 7.00. The van der Waals surface area contributed by atoms with E-state index in [1.807, 2.05) is 24.3 Å². The number of rotatable bonds is 3. The van der Waals surface area contributed by atoms with Gasteiger partial charge in [-0.3, -0.25) is 4.79 Å². The van der Waals surface area contributed by atoms with Gasteiger partial charge in [0.05, 0.1) is 0 Å². The molecule has 1 N–H and O–H groups in total. The number of aromatic nitrogens is 2. The van der Waals surface area contributed by atoms with E-state index in [-0.39, 0.29) is 11.4 Å². The van der Waals surface area contributed by atoms with E-state index in [9.17, 15) is 4.79 Å². The standard InChI is InChI=1S/C15H18N4O2/c1-18-9-8-17-14(15(18)20)21-13-4-2-12(3-5-13)19-10-6-16-7-11-19/h2-5,8-9,16H,6-7,10-11H2,1H3. The summed E-state index contributed by atoms with van der Waals surface area (Å²) in [5.41, 5.74) is 0.918. The molecule has 1 aromatic heterocycles. The Morgan fingerprint density at radius 2 is 1.90 bits per heavy atom. The summed E-state index contributed by atoms with van der Waals surface area (Å²) in [6.45, 7) is 4.01. The van der Waals surface area contributed by atoms with Gasteiger partial charge >= 0.3 is 5.56 Å². The minimum absolute atomic E-state index is 0.0925. The molecule has 0 saturated carbocycles. The van der Waals surface area contributed by atoms with Gasteiger partial charge in [-0.1, -0.05) is 0 Å². The van der Waals surface area contributed by atoms with E-state index in [1.165, 1.54) is 4.57 Å². The van der Waals surface area contributed by atoms with Crippen LogP contribution < -0.4 is 20.5 Å². The van der Waals surface area contributed by atoms with Gasteiger partial charge in [0.2, 0.25) is 0 Å². The highest BCUT2D eigenvalue weighted by Crippen LogP contribution is 2.22. The Morgan fingerprint density at radius 1 is 1.19 bits per heavy atom. The molecule has 0 amide bonds. The zero-order valence-corrected chi connectivity index (χ0v) is 12.0. The molecule has 1 fully saturated rings. The van der Waals surface area contributed by atoms with E-state index in [4.69, 9.17) is 4.74 Å². The maximum absolute atomic E-state index is 11.8. The van der Waals surface area contributed by atoms with E-state index >= 15 is 0 Å². The van der Waals surface area contributed by atoms with Gasteiger partial charge in [-0.15, -0.1) is 0 Å². The van der Waals surface area contributed by atoms with Crippen LogP contribution in [0.4, 0.5) is 5.69 Å². The van der Waals surface area contributed by atoms with Gasteiger partial charge in [0.15, 0.2) is 0 Å². The summed E-state index contributed by atoms with van der Waals surface area (Å²) in [6, 6.07) is 7.75. The van der Waals surface area contributed by atoms with Crippen LogP contribution in [-0.4, -0.2) is 35.7 Å². The highest BCUT2D eigenvalue weighted by molar-refractivity contribution is 5.49. The lowest BCUT2D eigenvalue weighted by molar-refractivity contribution is 0.448. The van der Waals surface area contributed by atoms with Gasteiger partial charge in [-0.05, 0) is 24.3 Å². The van der Waals surface area contributed by atoms with Crippen molar-refractivity contribution < 1.29 is 4.74 Å². The van der Waals surface area contributed by atoms with Crippen LogP contribution in [0.15, 0.2) is 41.5 Å². The summed E-state index contributed by atoms with van der Waals surface area (Å²) in [5, 5.41) is 3.33. The van der Waals surface area contributed by atoms with Crippen molar-refractivity contribution in [3.8, 4) is 11.6 Å². The average Bonchev–Trinajstić information content (AvgIpc) is 2.53. The average molecular weight is 286 g/mol. The predicted molar refractivity (Wildman–Crippen MR) is 81.1 cm³/mol. The van der Waals surface area contributed by atoms with Crippen LogP contribution in [0.1, 0.15) is 0 Å². The second-order valence-corrected chi connectivity index (χ2v) is 4.98. The lowest BCUT2D eigenvalue weighted by atomic mass is 10.2. The first-order chi connectivity index (χ1) is 10.2. The smallest absolute Gasteiger partial charge is 0.313 e. The van der Waals surface area contributed by atoms with Gasteiger partial charge in [-0.25, -0.2) is 4.98 Å². The Bertz CT molecular complexity index is 660. The third-order valence-electron chi connectivity index (χ3n) is 3.52. The maximum atomic E-state index is 11.8. The number of ether oxygens (including phenoxy) is 1. The Labute approximate surface area is 123 Å². The van der Waals surface area contributed by atoms with Crippen LogP contribution in [0.5, 0.6) is 11.6 Å². The number of anilines is 1. The summed E-state index contributed by atoms with van der Waals surface area (Å²) in [5.74, 6) is 0.708. The summed E-state index contributed by atoms with van der Waals surface area (Å²) >= 11 is 0. The van der Waals surface area contributed by atoms with Gasteiger partial charge < -0.3 is 19.5 Å². The van der Waals surface area contributed by atoms with E-state index in [1.54, 1.807) is 19.4 Å². The number of hydrogen-bond acceptors (Lipinski definition) is 5. The highest BCUT2D eigenvalue weighted by Gasteiger charge is 2.11. The lowest BCUT2D eigenvalue weighted by Gasteiger charge is -2.29. The SMILES string of the molecule is Cn1ccnc(Oc2ccc(N3CCNCC3)cc2)c1=O. The zero-order chi connectivity index (χ0) is 14.7. The molecule has 0 aliphatic carbocycles. The molecule has 1 aromatic carbocycles. The minimum atomic E-state index is -0.247. The Hall–Kier alpha value is -2.34. The largest absolute Gasteiger partial charge is 0.435 e. The molecule has 1 aliphatic rings. The van der Waals surface area contributed by atoms with Crippen molar-refractivity contribution in [1.29, 1.82) is 0 Å². The topological polar surface area (TPSA) is 59.4 Å². The first kappa shape index (κ1) is 13.6. The van der Waals surface area contributed by atoms with Crippen molar-refractivity contribution in [2.24, 2.45) is 7.05 Å². The number of nitrogens with one attached hydrogen (secondary N) is 1. The van der Waals surface area contributed by atoms with Crippen molar-refractivity contribution in [2.75, 3.05) is 31.1 Å². The molecule has 1 aliphatic heterocycles. The third kappa shape index (κ3) is 3.05. The van der Waals surface area contributed by atoms with Gasteiger partial charge in [-0.2, -0.15) is 0 Å². The fourth-order valence-corrected chi connectivity index (χ4v) is 2.30. The van der Waals surface area contributed by atoms with Crippen LogP contribution in [0.2, 0.25) is 0 Å². The number of nitrogens with zero attached hydrogens (tertiary/aromatic N) is 3. The molecule has 110 valence electrons. The van der Waals surface area contributed by atoms with E-state index in [0.29, 0.717) is 5.75 Å². The molecular weight excluding hydrogens is 268 g/mol. The molecule has 21 heavy (non-hydrogen) atoms. The van der Waals surface area contributed by atoms with E-state index < -0.39 is 0 Å². The van der Waals surface area contributed by atoms with Gasteiger partial charge in [0.25, 0.3) is 5.88 Å². The number of benzene rings is 1. The molecule has 0 spiro atoms. The van der Waals surface area contributed by atoms with E-state index in [0.717, 1.165) is 31.9 Å². The Morgan fingerprint density at radius 3 is 2.62 bits per heavy atom. The van der Waals surface area contributed by atoms with Gasteiger partial charge in [0, 0.05) is 51.3 Å². The van der Waals surface area contributed by atoms with Crippen LogP contribution in [-0.2, 0) is 7.05 Å². The van der Waals surface area contributed by atoms with Crippen molar-refractivity contribution in [3.63, 3.8) is 0 Å². The zero-order valence-electron chi connectivity index (χ0n) is 12.0. The first-order valence-corrected chi connectivity index (χ1v) is 6.99. The first-order valence-electron chi connectivity index (χ1n) is 6.99. The normalized spacial score (nSPS) is 15.0. The molecule has 6 heteroatoms. The lowest BCUT2D eigenvalue weighted by Crippen LogP contribution is -2.43. The highest BCUT2D eigenvalue weighted by atomic mass is 16.5. The molecule has 2 heterocycles. The molecule has 3 rings (SSSR count). The fourth-order valence-electron chi connectivity index (χ4n) is 2.30. The number of hydrogen-bond donors (Lipinski definition) is 1. The second kappa shape index (κ2) is 5.97. The predicted octanol–water partition coefficient (Wildman–Crippen LogP) is 0.982. The van der Waals surface area contributed by atoms with Crippen LogP contribution >= 0.6 is 0 Å². The van der Waals surface area contributed by atoms with Crippen molar-refractivity contribution >= 4 is 5.69 Å². The molecule has 0 atom stereocenters. The molecule has 0 unspecified atom stereocenters. The Kier molecular flexibility index (Phi) is 3.87. The number of piperazine rings is 1. The maximum Gasteiger partial charge on any atom is 0.313 e. The van der Waals surface area contributed by atoms with Crippen molar-refractivity contribution in [3.05, 3.63) is 47.0 Å². The molecule has 0 bridgehead atoms. The third-order valence-corrected chi connectivity index (χ3v) is 3.52. The molecular formula is C15H18N4O2. The second-order valence-electron chi connectivity index (χ2n) is 4.98. The quantitative estimate of drug-likeness (QED) is 0.911. The fraction of sp³-hybridized carbons (Fsp3) is 0.333.